The molecule has 0 aromatic carbocycles. The molecule has 25 heavy (non-hydrogen) atoms. The van der Waals surface area contributed by atoms with Crippen molar-refractivity contribution in [1.29, 1.82) is 0 Å². The van der Waals surface area contributed by atoms with Crippen molar-refractivity contribution < 1.29 is 14.0 Å². The number of carbonyl (C=O) groups excluding carboxylic acids is 2. The minimum atomic E-state index is -0.461. The third-order valence-electron chi connectivity index (χ3n) is 4.29. The number of carbonyl (C=O) groups is 2. The van der Waals surface area contributed by atoms with Crippen LogP contribution >= 0.6 is 0 Å². The first-order valence-electron chi connectivity index (χ1n) is 8.31. The Kier molecular flexibility index (Phi) is 5.02. The summed E-state index contributed by atoms with van der Waals surface area (Å²) in [7, 11) is 3.82. The smallest absolute Gasteiger partial charge is 0.290 e. The van der Waals surface area contributed by atoms with Gasteiger partial charge in [0.25, 0.3) is 5.91 Å². The van der Waals surface area contributed by atoms with Crippen molar-refractivity contribution in [1.82, 2.24) is 15.2 Å². The van der Waals surface area contributed by atoms with Gasteiger partial charge in [0.1, 0.15) is 11.9 Å². The van der Waals surface area contributed by atoms with E-state index in [1.807, 2.05) is 31.1 Å². The van der Waals surface area contributed by atoms with Gasteiger partial charge in [0.15, 0.2) is 5.76 Å². The average Bonchev–Trinajstić information content (AvgIpc) is 3.30. The van der Waals surface area contributed by atoms with Gasteiger partial charge >= 0.3 is 0 Å². The van der Waals surface area contributed by atoms with Crippen molar-refractivity contribution in [3.8, 4) is 0 Å². The van der Waals surface area contributed by atoms with Crippen molar-refractivity contribution in [2.24, 2.45) is 0 Å². The highest BCUT2D eigenvalue weighted by atomic mass is 16.3. The molecule has 1 N–H and O–H groups in total. The van der Waals surface area contributed by atoms with Gasteiger partial charge in [-0.25, -0.2) is 4.98 Å². The number of pyridine rings is 1. The highest BCUT2D eigenvalue weighted by Gasteiger charge is 2.35. The summed E-state index contributed by atoms with van der Waals surface area (Å²) < 4.78 is 5.17. The lowest BCUT2D eigenvalue weighted by Gasteiger charge is -2.23. The van der Waals surface area contributed by atoms with E-state index >= 15 is 0 Å². The van der Waals surface area contributed by atoms with Crippen LogP contribution in [0, 0.1) is 0 Å². The van der Waals surface area contributed by atoms with Gasteiger partial charge in [-0.1, -0.05) is 6.07 Å². The molecule has 3 rings (SSSR count). The SMILES string of the molecule is CN(C)c1ncccc1CNC(=O)[C@@H]1CCCN1C(=O)c1ccco1. The highest BCUT2D eigenvalue weighted by molar-refractivity contribution is 5.96. The molecular weight excluding hydrogens is 320 g/mol. The van der Waals surface area contributed by atoms with Gasteiger partial charge in [0, 0.05) is 38.9 Å². The zero-order chi connectivity index (χ0) is 17.8. The molecule has 0 aliphatic carbocycles. The summed E-state index contributed by atoms with van der Waals surface area (Å²) in [5.74, 6) is 0.698. The molecule has 0 saturated carbocycles. The van der Waals surface area contributed by atoms with E-state index < -0.39 is 6.04 Å². The number of furan rings is 1. The third-order valence-corrected chi connectivity index (χ3v) is 4.29. The molecule has 0 unspecified atom stereocenters. The maximum Gasteiger partial charge on any atom is 0.290 e. The summed E-state index contributed by atoms with van der Waals surface area (Å²) in [5.41, 5.74) is 0.933. The topological polar surface area (TPSA) is 78.7 Å². The molecule has 1 aliphatic rings. The van der Waals surface area contributed by atoms with Crippen LogP contribution in [0.2, 0.25) is 0 Å². The fourth-order valence-corrected chi connectivity index (χ4v) is 3.10. The van der Waals surface area contributed by atoms with Crippen LogP contribution in [-0.2, 0) is 11.3 Å². The Morgan fingerprint density at radius 2 is 2.20 bits per heavy atom. The van der Waals surface area contributed by atoms with Gasteiger partial charge in [-0.3, -0.25) is 9.59 Å². The maximum atomic E-state index is 12.6. The van der Waals surface area contributed by atoms with E-state index in [-0.39, 0.29) is 17.6 Å². The Balaban J connectivity index is 1.66. The van der Waals surface area contributed by atoms with Crippen molar-refractivity contribution in [3.63, 3.8) is 0 Å². The summed E-state index contributed by atoms with van der Waals surface area (Å²) >= 11 is 0. The molecule has 2 aromatic heterocycles. The van der Waals surface area contributed by atoms with Gasteiger partial charge in [-0.15, -0.1) is 0 Å². The molecule has 7 nitrogen and oxygen atoms in total. The van der Waals surface area contributed by atoms with E-state index in [4.69, 9.17) is 4.42 Å². The molecule has 1 fully saturated rings. The van der Waals surface area contributed by atoms with Gasteiger partial charge in [0.05, 0.1) is 6.26 Å². The summed E-state index contributed by atoms with van der Waals surface area (Å²) in [5, 5.41) is 2.94. The van der Waals surface area contributed by atoms with E-state index in [1.54, 1.807) is 23.2 Å². The molecular formula is C18H22N4O3. The Morgan fingerprint density at radius 3 is 2.92 bits per heavy atom. The van der Waals surface area contributed by atoms with Crippen LogP contribution in [0.15, 0.2) is 41.1 Å². The van der Waals surface area contributed by atoms with Crippen molar-refractivity contribution in [2.75, 3.05) is 25.5 Å². The number of aromatic nitrogens is 1. The first-order chi connectivity index (χ1) is 12.1. The van der Waals surface area contributed by atoms with Gasteiger partial charge in [-0.2, -0.15) is 0 Å². The number of likely N-dealkylation sites (tertiary alicyclic amines) is 1. The van der Waals surface area contributed by atoms with Crippen molar-refractivity contribution in [3.05, 3.63) is 48.0 Å². The monoisotopic (exact) mass is 342 g/mol. The molecule has 1 saturated heterocycles. The van der Waals surface area contributed by atoms with Crippen LogP contribution in [0.4, 0.5) is 5.82 Å². The zero-order valence-electron chi connectivity index (χ0n) is 14.4. The van der Waals surface area contributed by atoms with Crippen LogP contribution in [0.1, 0.15) is 29.0 Å². The largest absolute Gasteiger partial charge is 0.459 e. The van der Waals surface area contributed by atoms with Crippen LogP contribution < -0.4 is 10.2 Å². The third kappa shape index (κ3) is 3.65. The fraction of sp³-hybridized carbons (Fsp3) is 0.389. The zero-order valence-corrected chi connectivity index (χ0v) is 14.4. The van der Waals surface area contributed by atoms with Gasteiger partial charge in [0.2, 0.25) is 5.91 Å². The van der Waals surface area contributed by atoms with E-state index in [2.05, 4.69) is 10.3 Å². The van der Waals surface area contributed by atoms with E-state index in [0.29, 0.717) is 19.5 Å². The normalized spacial score (nSPS) is 16.7. The van der Waals surface area contributed by atoms with Gasteiger partial charge < -0.3 is 19.5 Å². The second-order valence-electron chi connectivity index (χ2n) is 6.23. The molecule has 132 valence electrons. The molecule has 7 heteroatoms. The first-order valence-corrected chi connectivity index (χ1v) is 8.31. The summed E-state index contributed by atoms with van der Waals surface area (Å²) in [6.45, 7) is 0.937. The fourth-order valence-electron chi connectivity index (χ4n) is 3.10. The van der Waals surface area contributed by atoms with E-state index in [9.17, 15) is 9.59 Å². The number of hydrogen-bond donors (Lipinski definition) is 1. The Labute approximate surface area is 146 Å². The summed E-state index contributed by atoms with van der Waals surface area (Å²) in [6, 6.07) is 6.61. The molecule has 1 aliphatic heterocycles. The second kappa shape index (κ2) is 7.38. The number of hydrogen-bond acceptors (Lipinski definition) is 5. The quantitative estimate of drug-likeness (QED) is 0.894. The second-order valence-corrected chi connectivity index (χ2v) is 6.23. The summed E-state index contributed by atoms with van der Waals surface area (Å²) in [6.07, 6.45) is 4.65. The summed E-state index contributed by atoms with van der Waals surface area (Å²) in [4.78, 5) is 32.9. The first kappa shape index (κ1) is 17.0. The number of nitrogens with one attached hydrogen (secondary N) is 1. The predicted octanol–water partition coefficient (Wildman–Crippen LogP) is 1.66. The van der Waals surface area contributed by atoms with Crippen LogP contribution in [0.25, 0.3) is 0 Å². The average molecular weight is 342 g/mol. The number of rotatable bonds is 5. The molecule has 1 atom stereocenters. The number of amides is 2. The van der Waals surface area contributed by atoms with Crippen LogP contribution in [0.5, 0.6) is 0 Å². The van der Waals surface area contributed by atoms with Crippen LogP contribution in [-0.4, -0.2) is 48.4 Å². The van der Waals surface area contributed by atoms with Crippen LogP contribution in [0.3, 0.4) is 0 Å². The number of anilines is 1. The molecule has 0 bridgehead atoms. The minimum absolute atomic E-state index is 0.147. The Morgan fingerprint density at radius 1 is 1.36 bits per heavy atom. The van der Waals surface area contributed by atoms with Gasteiger partial charge in [-0.05, 0) is 31.0 Å². The van der Waals surface area contributed by atoms with E-state index in [1.165, 1.54) is 6.26 Å². The van der Waals surface area contributed by atoms with E-state index in [0.717, 1.165) is 17.8 Å². The Bertz CT molecular complexity index is 743. The standard InChI is InChI=1S/C18H22N4O3/c1-21(2)16-13(6-3-9-19-16)12-20-17(23)14-7-4-10-22(14)18(24)15-8-5-11-25-15/h3,5-6,8-9,11,14H,4,7,10,12H2,1-2H3,(H,20,23)/t14-/m0/s1. The molecule has 2 aromatic rings. The molecule has 0 spiro atoms. The minimum Gasteiger partial charge on any atom is -0.459 e. The lowest BCUT2D eigenvalue weighted by atomic mass is 10.2. The molecule has 0 radical (unpaired) electrons. The number of nitrogens with zero attached hydrogens (tertiary/aromatic N) is 3. The predicted molar refractivity (Wildman–Crippen MR) is 93.2 cm³/mol. The molecule has 2 amide bonds. The lowest BCUT2D eigenvalue weighted by molar-refractivity contribution is -0.125. The highest BCUT2D eigenvalue weighted by Crippen LogP contribution is 2.21. The molecule has 3 heterocycles. The lowest BCUT2D eigenvalue weighted by Crippen LogP contribution is -2.45. The van der Waals surface area contributed by atoms with Crippen molar-refractivity contribution in [2.45, 2.75) is 25.4 Å². The maximum absolute atomic E-state index is 12.6. The Hall–Kier alpha value is -2.83. The van der Waals surface area contributed by atoms with Crippen molar-refractivity contribution >= 4 is 17.6 Å².